The summed E-state index contributed by atoms with van der Waals surface area (Å²) >= 11 is 1.58. The van der Waals surface area contributed by atoms with E-state index in [-0.39, 0.29) is 16.6 Å². The number of aliphatic imine (C=N–C) groups is 1. The summed E-state index contributed by atoms with van der Waals surface area (Å²) < 4.78 is 5.42. The first-order chi connectivity index (χ1) is 16.0. The van der Waals surface area contributed by atoms with E-state index in [1.807, 2.05) is 12.1 Å². The van der Waals surface area contributed by atoms with Gasteiger partial charge < -0.3 is 14.7 Å². The number of hydrogen-bond donors (Lipinski definition) is 1. The van der Waals surface area contributed by atoms with Crippen molar-refractivity contribution in [2.24, 2.45) is 4.99 Å². The van der Waals surface area contributed by atoms with Crippen LogP contribution in [0, 0.1) is 0 Å². The number of carbonyl (C=O) groups excluding carboxylic acids is 1. The number of thioether (sulfide) groups is 1. The van der Waals surface area contributed by atoms with E-state index in [0.717, 1.165) is 53.4 Å². The van der Waals surface area contributed by atoms with Gasteiger partial charge in [0.2, 0.25) is 0 Å². The van der Waals surface area contributed by atoms with Gasteiger partial charge in [0.25, 0.3) is 5.91 Å². The fraction of sp³-hybridized carbons (Fsp3) is 0.481. The molecule has 0 aromatic heterocycles. The molecule has 0 bridgehead atoms. The standard InChI is InChI=1S/C27H32N2O3S/c1-27(10-3-2-4-11-27)22-18-21(8-9-23(22)30)20-7-5-6-19(16-20)17-24-25(31)28-26(33-24)29-12-14-32-15-13-29/h5-9,16,18,24,30H,2-4,10-15,17H2,1H3. The van der Waals surface area contributed by atoms with Gasteiger partial charge >= 0.3 is 0 Å². The minimum absolute atomic E-state index is 0.0378. The van der Waals surface area contributed by atoms with Crippen LogP contribution in [0.5, 0.6) is 5.75 Å². The number of ether oxygens (including phenoxy) is 1. The highest BCUT2D eigenvalue weighted by Crippen LogP contribution is 2.44. The largest absolute Gasteiger partial charge is 0.508 e. The van der Waals surface area contributed by atoms with Crippen LogP contribution in [0.25, 0.3) is 11.1 Å². The van der Waals surface area contributed by atoms with Crippen molar-refractivity contribution in [2.75, 3.05) is 26.3 Å². The van der Waals surface area contributed by atoms with Gasteiger partial charge in [-0.05, 0) is 53.5 Å². The van der Waals surface area contributed by atoms with Gasteiger partial charge in [-0.1, -0.05) is 68.3 Å². The highest BCUT2D eigenvalue weighted by atomic mass is 32.2. The molecule has 2 aromatic rings. The van der Waals surface area contributed by atoms with Gasteiger partial charge in [0, 0.05) is 18.7 Å². The number of aromatic hydroxyl groups is 1. The van der Waals surface area contributed by atoms with E-state index in [1.54, 1.807) is 11.8 Å². The highest BCUT2D eigenvalue weighted by molar-refractivity contribution is 8.15. The fourth-order valence-electron chi connectivity index (χ4n) is 5.29. The Morgan fingerprint density at radius 2 is 1.85 bits per heavy atom. The third kappa shape index (κ3) is 4.82. The molecule has 1 N–H and O–H groups in total. The second-order valence-corrected chi connectivity index (χ2v) is 10.9. The van der Waals surface area contributed by atoms with Gasteiger partial charge in [0.1, 0.15) is 5.75 Å². The number of phenols is 1. The number of amidine groups is 1. The lowest BCUT2D eigenvalue weighted by Gasteiger charge is -2.35. The fourth-order valence-corrected chi connectivity index (χ4v) is 6.45. The maximum atomic E-state index is 12.6. The van der Waals surface area contributed by atoms with Crippen LogP contribution < -0.4 is 0 Å². The number of amides is 1. The van der Waals surface area contributed by atoms with Gasteiger partial charge in [0.15, 0.2) is 5.17 Å². The van der Waals surface area contributed by atoms with E-state index < -0.39 is 0 Å². The molecule has 2 heterocycles. The second-order valence-electron chi connectivity index (χ2n) is 9.70. The quantitative estimate of drug-likeness (QED) is 0.678. The molecule has 1 amide bonds. The lowest BCUT2D eigenvalue weighted by Crippen LogP contribution is -2.39. The molecule has 174 valence electrons. The van der Waals surface area contributed by atoms with Gasteiger partial charge in [-0.3, -0.25) is 4.79 Å². The van der Waals surface area contributed by atoms with E-state index >= 15 is 0 Å². The number of morpholine rings is 1. The zero-order chi connectivity index (χ0) is 22.8. The van der Waals surface area contributed by atoms with Crippen LogP contribution in [0.3, 0.4) is 0 Å². The third-order valence-corrected chi connectivity index (χ3v) is 8.51. The molecule has 1 unspecified atom stereocenters. The summed E-state index contributed by atoms with van der Waals surface area (Å²) in [5.41, 5.74) is 4.48. The summed E-state index contributed by atoms with van der Waals surface area (Å²) in [7, 11) is 0. The Kier molecular flexibility index (Phi) is 6.48. The molecule has 0 spiro atoms. The Morgan fingerprint density at radius 3 is 2.64 bits per heavy atom. The Bertz CT molecular complexity index is 1060. The molecule has 6 heteroatoms. The summed E-state index contributed by atoms with van der Waals surface area (Å²) in [6, 6.07) is 14.5. The maximum absolute atomic E-state index is 12.6. The minimum Gasteiger partial charge on any atom is -0.508 e. The Hall–Kier alpha value is -2.31. The molecule has 1 atom stereocenters. The van der Waals surface area contributed by atoms with Crippen LogP contribution in [0.1, 0.15) is 50.2 Å². The van der Waals surface area contributed by atoms with Crippen molar-refractivity contribution in [3.05, 3.63) is 53.6 Å². The molecule has 33 heavy (non-hydrogen) atoms. The molecular weight excluding hydrogens is 432 g/mol. The minimum atomic E-state index is -0.172. The number of benzene rings is 2. The van der Waals surface area contributed by atoms with Crippen LogP contribution in [0.15, 0.2) is 47.5 Å². The second kappa shape index (κ2) is 9.51. The smallest absolute Gasteiger partial charge is 0.262 e. The number of rotatable bonds is 4. The number of phenolic OH excluding ortho intramolecular Hbond substituents is 1. The van der Waals surface area contributed by atoms with Crippen LogP contribution in [-0.4, -0.2) is 52.6 Å². The Morgan fingerprint density at radius 1 is 1.09 bits per heavy atom. The summed E-state index contributed by atoms with van der Waals surface area (Å²) in [6.07, 6.45) is 6.63. The first-order valence-corrected chi connectivity index (χ1v) is 12.9. The van der Waals surface area contributed by atoms with Crippen molar-refractivity contribution in [1.82, 2.24) is 4.90 Å². The van der Waals surface area contributed by atoms with Gasteiger partial charge in [-0.2, -0.15) is 4.99 Å². The highest BCUT2D eigenvalue weighted by Gasteiger charge is 2.33. The zero-order valence-electron chi connectivity index (χ0n) is 19.3. The third-order valence-electron chi connectivity index (χ3n) is 7.30. The number of carbonyl (C=O) groups is 1. The summed E-state index contributed by atoms with van der Waals surface area (Å²) in [5.74, 6) is 0.365. The molecular formula is C27H32N2O3S. The number of hydrogen-bond acceptors (Lipinski definition) is 5. The van der Waals surface area contributed by atoms with Crippen molar-refractivity contribution >= 4 is 22.8 Å². The predicted molar refractivity (Wildman–Crippen MR) is 134 cm³/mol. The Balaban J connectivity index is 1.33. The van der Waals surface area contributed by atoms with E-state index in [9.17, 15) is 9.90 Å². The lowest BCUT2D eigenvalue weighted by atomic mass is 9.70. The number of nitrogens with zero attached hydrogens (tertiary/aromatic N) is 2. The monoisotopic (exact) mass is 464 g/mol. The molecule has 5 rings (SSSR count). The van der Waals surface area contributed by atoms with Crippen LogP contribution >= 0.6 is 11.8 Å². The van der Waals surface area contributed by atoms with Gasteiger partial charge in [0.05, 0.1) is 18.5 Å². The van der Waals surface area contributed by atoms with Gasteiger partial charge in [-0.15, -0.1) is 0 Å². The average molecular weight is 465 g/mol. The SMILES string of the molecule is CC1(c2cc(-c3cccc(CC4SC(N5CCOCC5)=NC4=O)c3)ccc2O)CCCCC1. The van der Waals surface area contributed by atoms with Crippen LogP contribution in [0.4, 0.5) is 0 Å². The van der Waals surface area contributed by atoms with E-state index in [4.69, 9.17) is 4.74 Å². The Labute approximate surface area is 200 Å². The molecule has 0 radical (unpaired) electrons. The molecule has 2 aliphatic heterocycles. The van der Waals surface area contributed by atoms with Crippen molar-refractivity contribution < 1.29 is 14.6 Å². The van der Waals surface area contributed by atoms with E-state index in [1.165, 1.54) is 19.3 Å². The normalized spacial score (nSPS) is 22.9. The summed E-state index contributed by atoms with van der Waals surface area (Å²) in [6.45, 7) is 5.26. The van der Waals surface area contributed by atoms with Gasteiger partial charge in [-0.25, -0.2) is 0 Å². The topological polar surface area (TPSA) is 62.1 Å². The predicted octanol–water partition coefficient (Wildman–Crippen LogP) is 5.15. The molecule has 1 aliphatic carbocycles. The zero-order valence-corrected chi connectivity index (χ0v) is 20.1. The molecule has 2 aromatic carbocycles. The summed E-state index contributed by atoms with van der Waals surface area (Å²) in [4.78, 5) is 19.1. The maximum Gasteiger partial charge on any atom is 0.262 e. The van der Waals surface area contributed by atoms with E-state index in [2.05, 4.69) is 47.1 Å². The molecule has 1 saturated carbocycles. The van der Waals surface area contributed by atoms with E-state index in [0.29, 0.717) is 25.4 Å². The first kappa shape index (κ1) is 22.5. The van der Waals surface area contributed by atoms with Crippen molar-refractivity contribution in [3.63, 3.8) is 0 Å². The molecule has 3 aliphatic rings. The van der Waals surface area contributed by atoms with Crippen LogP contribution in [0.2, 0.25) is 0 Å². The average Bonchev–Trinajstić information content (AvgIpc) is 3.20. The molecule has 2 fully saturated rings. The van der Waals surface area contributed by atoms with Crippen molar-refractivity contribution in [1.29, 1.82) is 0 Å². The molecule has 5 nitrogen and oxygen atoms in total. The van der Waals surface area contributed by atoms with Crippen molar-refractivity contribution in [3.8, 4) is 16.9 Å². The first-order valence-electron chi connectivity index (χ1n) is 12.1. The molecule has 1 saturated heterocycles. The van der Waals surface area contributed by atoms with Crippen LogP contribution in [-0.2, 0) is 21.4 Å². The van der Waals surface area contributed by atoms with Crippen molar-refractivity contribution in [2.45, 2.75) is 56.1 Å². The lowest BCUT2D eigenvalue weighted by molar-refractivity contribution is -0.117. The summed E-state index contributed by atoms with van der Waals surface area (Å²) in [5, 5.41) is 11.3.